The van der Waals surface area contributed by atoms with Gasteiger partial charge in [-0.05, 0) is 62.9 Å². The average molecular weight is 585 g/mol. The first-order valence-electron chi connectivity index (χ1n) is 14.2. The van der Waals surface area contributed by atoms with E-state index in [9.17, 15) is 28.8 Å². The molecule has 39 heavy (non-hydrogen) atoms. The maximum absolute atomic E-state index is 12.3. The Morgan fingerprint density at radius 3 is 1.79 bits per heavy atom. The Kier molecular flexibility index (Phi) is 16.2. The number of rotatable bonds is 21. The van der Waals surface area contributed by atoms with Crippen LogP contribution in [-0.2, 0) is 28.8 Å². The summed E-state index contributed by atoms with van der Waals surface area (Å²) >= 11 is 3.03. The number of unbranched alkanes of at least 4 members (excludes halogenated alkanes) is 5. The standard InChI is InChI=1S/C27H44N4O6S2/c1-2-19(29-23(33)13-6-4-10-16-39-21-18-25(35)31-27(21)37)11-7-8-14-28-22(32)12-5-3-9-15-38-20-17-24(34)30-26(20)36/h19-21H,2-18H2,1H3,(H,28,32)(H,29,33)(H,30,34,36)(H,31,35,37). The summed E-state index contributed by atoms with van der Waals surface area (Å²) in [7, 11) is 0. The van der Waals surface area contributed by atoms with Gasteiger partial charge in [-0.1, -0.05) is 19.8 Å². The Bertz CT molecular complexity index is 856. The number of hydrogen-bond donors (Lipinski definition) is 4. The van der Waals surface area contributed by atoms with Crippen LogP contribution in [0.15, 0.2) is 0 Å². The molecule has 0 saturated carbocycles. The average Bonchev–Trinajstić information content (AvgIpc) is 3.39. The summed E-state index contributed by atoms with van der Waals surface area (Å²) in [5.74, 6) is 0.984. The van der Waals surface area contributed by atoms with E-state index in [-0.39, 0.29) is 64.8 Å². The normalized spacial score (nSPS) is 19.6. The lowest BCUT2D eigenvalue weighted by Gasteiger charge is -2.17. The third kappa shape index (κ3) is 14.2. The molecular weight excluding hydrogens is 540 g/mol. The zero-order valence-corrected chi connectivity index (χ0v) is 24.7. The van der Waals surface area contributed by atoms with Crippen molar-refractivity contribution in [2.45, 2.75) is 113 Å². The highest BCUT2D eigenvalue weighted by Gasteiger charge is 2.31. The van der Waals surface area contributed by atoms with Crippen LogP contribution in [0, 0.1) is 0 Å². The van der Waals surface area contributed by atoms with Gasteiger partial charge < -0.3 is 10.6 Å². The van der Waals surface area contributed by atoms with Gasteiger partial charge in [0.25, 0.3) is 0 Å². The maximum Gasteiger partial charge on any atom is 0.240 e. The van der Waals surface area contributed by atoms with E-state index in [1.807, 2.05) is 0 Å². The minimum atomic E-state index is -0.261. The minimum absolute atomic E-state index is 0.0576. The van der Waals surface area contributed by atoms with Crippen molar-refractivity contribution in [3.05, 3.63) is 0 Å². The molecule has 0 radical (unpaired) electrons. The fourth-order valence-electron chi connectivity index (χ4n) is 4.42. The van der Waals surface area contributed by atoms with Gasteiger partial charge in [-0.3, -0.25) is 39.4 Å². The van der Waals surface area contributed by atoms with Crippen LogP contribution in [0.25, 0.3) is 0 Å². The zero-order chi connectivity index (χ0) is 28.5. The van der Waals surface area contributed by atoms with Gasteiger partial charge in [-0.15, -0.1) is 23.5 Å². The monoisotopic (exact) mass is 584 g/mol. The number of nitrogens with one attached hydrogen (secondary N) is 4. The van der Waals surface area contributed by atoms with E-state index >= 15 is 0 Å². The predicted octanol–water partition coefficient (Wildman–Crippen LogP) is 2.59. The number of thioether (sulfide) groups is 2. The van der Waals surface area contributed by atoms with Crippen molar-refractivity contribution in [2.24, 2.45) is 0 Å². The van der Waals surface area contributed by atoms with Crippen LogP contribution < -0.4 is 21.3 Å². The van der Waals surface area contributed by atoms with E-state index in [0.717, 1.165) is 75.7 Å². The summed E-state index contributed by atoms with van der Waals surface area (Å²) in [4.78, 5) is 69.7. The molecular formula is C27H44N4O6S2. The Balaban J connectivity index is 1.38. The number of carbonyl (C=O) groups is 6. The first-order chi connectivity index (χ1) is 18.8. The molecule has 2 heterocycles. The van der Waals surface area contributed by atoms with Gasteiger partial charge in [-0.25, -0.2) is 0 Å². The van der Waals surface area contributed by atoms with Gasteiger partial charge in [0, 0.05) is 38.3 Å². The fourth-order valence-corrected chi connectivity index (χ4v) is 6.69. The highest BCUT2D eigenvalue weighted by atomic mass is 32.2. The minimum Gasteiger partial charge on any atom is -0.356 e. The molecule has 0 aromatic carbocycles. The molecule has 0 aromatic rings. The molecule has 0 bridgehead atoms. The van der Waals surface area contributed by atoms with Gasteiger partial charge >= 0.3 is 0 Å². The van der Waals surface area contributed by atoms with E-state index in [1.54, 1.807) is 0 Å². The SMILES string of the molecule is CCC(CCCCNC(=O)CCCCCSC1CC(=O)NC1=O)NC(=O)CCCCCSC1CC(=O)NC1=O. The Morgan fingerprint density at radius 1 is 0.769 bits per heavy atom. The van der Waals surface area contributed by atoms with Gasteiger partial charge in [-0.2, -0.15) is 0 Å². The summed E-state index contributed by atoms with van der Waals surface area (Å²) in [6, 6.07) is 0.147. The summed E-state index contributed by atoms with van der Waals surface area (Å²) in [5.41, 5.74) is 0. The van der Waals surface area contributed by atoms with Crippen LogP contribution in [0.1, 0.15) is 96.8 Å². The van der Waals surface area contributed by atoms with Crippen LogP contribution in [0.2, 0.25) is 0 Å². The van der Waals surface area contributed by atoms with Crippen molar-refractivity contribution in [3.63, 3.8) is 0 Å². The second kappa shape index (κ2) is 19.1. The van der Waals surface area contributed by atoms with E-state index in [1.165, 1.54) is 23.5 Å². The molecule has 220 valence electrons. The number of carbonyl (C=O) groups excluding carboxylic acids is 6. The molecule has 12 heteroatoms. The van der Waals surface area contributed by atoms with Crippen molar-refractivity contribution >= 4 is 59.0 Å². The van der Waals surface area contributed by atoms with Crippen LogP contribution in [0.5, 0.6) is 0 Å². The topological polar surface area (TPSA) is 151 Å². The molecule has 4 N–H and O–H groups in total. The molecule has 2 saturated heterocycles. The highest BCUT2D eigenvalue weighted by molar-refractivity contribution is 8.00. The van der Waals surface area contributed by atoms with Gasteiger partial charge in [0.05, 0.1) is 10.5 Å². The van der Waals surface area contributed by atoms with Crippen molar-refractivity contribution < 1.29 is 28.8 Å². The largest absolute Gasteiger partial charge is 0.356 e. The lowest BCUT2D eigenvalue weighted by atomic mass is 10.1. The second-order valence-electron chi connectivity index (χ2n) is 10.1. The van der Waals surface area contributed by atoms with Crippen molar-refractivity contribution in [1.29, 1.82) is 0 Å². The van der Waals surface area contributed by atoms with Crippen LogP contribution in [0.3, 0.4) is 0 Å². The molecule has 2 fully saturated rings. The Hall–Kier alpha value is -2.08. The van der Waals surface area contributed by atoms with Crippen LogP contribution in [0.4, 0.5) is 0 Å². The van der Waals surface area contributed by atoms with Crippen molar-refractivity contribution in [1.82, 2.24) is 21.3 Å². The smallest absolute Gasteiger partial charge is 0.240 e. The van der Waals surface area contributed by atoms with E-state index in [2.05, 4.69) is 28.2 Å². The van der Waals surface area contributed by atoms with E-state index in [0.29, 0.717) is 19.4 Å². The molecule has 2 rings (SSSR count). The summed E-state index contributed by atoms with van der Waals surface area (Å²) in [6.07, 6.45) is 10.4. The Labute approximate surface area is 240 Å². The van der Waals surface area contributed by atoms with Crippen molar-refractivity contribution in [2.75, 3.05) is 18.1 Å². The molecule has 3 unspecified atom stereocenters. The molecule has 10 nitrogen and oxygen atoms in total. The molecule has 3 atom stereocenters. The first kappa shape index (κ1) is 33.1. The number of hydrogen-bond acceptors (Lipinski definition) is 8. The molecule has 2 aliphatic rings. The molecule has 6 amide bonds. The molecule has 2 aliphatic heterocycles. The highest BCUT2D eigenvalue weighted by Crippen LogP contribution is 2.22. The van der Waals surface area contributed by atoms with Crippen molar-refractivity contribution in [3.8, 4) is 0 Å². The lowest BCUT2D eigenvalue weighted by Crippen LogP contribution is -2.34. The summed E-state index contributed by atoms with van der Waals surface area (Å²) in [5, 5.41) is 10.2. The molecule has 0 aliphatic carbocycles. The third-order valence-corrected chi connectivity index (χ3v) is 9.36. The van der Waals surface area contributed by atoms with Crippen LogP contribution >= 0.6 is 23.5 Å². The van der Waals surface area contributed by atoms with Gasteiger partial charge in [0.1, 0.15) is 0 Å². The zero-order valence-electron chi connectivity index (χ0n) is 23.0. The first-order valence-corrected chi connectivity index (χ1v) is 16.3. The van der Waals surface area contributed by atoms with Gasteiger partial charge in [0.2, 0.25) is 35.4 Å². The summed E-state index contributed by atoms with van der Waals surface area (Å²) in [6.45, 7) is 2.70. The lowest BCUT2D eigenvalue weighted by molar-refractivity contribution is -0.126. The quantitative estimate of drug-likeness (QED) is 0.119. The maximum atomic E-state index is 12.3. The third-order valence-electron chi connectivity index (χ3n) is 6.75. The van der Waals surface area contributed by atoms with E-state index < -0.39 is 0 Å². The van der Waals surface area contributed by atoms with E-state index in [4.69, 9.17) is 0 Å². The second-order valence-corrected chi connectivity index (χ2v) is 12.7. The van der Waals surface area contributed by atoms with Gasteiger partial charge in [0.15, 0.2) is 0 Å². The number of imide groups is 2. The number of amides is 6. The summed E-state index contributed by atoms with van der Waals surface area (Å²) < 4.78 is 0. The fraction of sp³-hybridized carbons (Fsp3) is 0.778. The Morgan fingerprint density at radius 2 is 1.31 bits per heavy atom. The molecule has 0 spiro atoms. The predicted molar refractivity (Wildman–Crippen MR) is 154 cm³/mol. The molecule has 0 aromatic heterocycles. The van der Waals surface area contributed by atoms with Crippen LogP contribution in [-0.4, -0.2) is 70.0 Å².